The molecule has 1 aliphatic rings. The Bertz CT molecular complexity index is 1440. The molecule has 0 radical (unpaired) electrons. The predicted molar refractivity (Wildman–Crippen MR) is 149 cm³/mol. The summed E-state index contributed by atoms with van der Waals surface area (Å²) < 4.78 is 10.6. The number of amides is 1. The summed E-state index contributed by atoms with van der Waals surface area (Å²) in [5.74, 6) is 0.579. The number of methoxy groups -OCH3 is 1. The van der Waals surface area contributed by atoms with Crippen LogP contribution in [0.3, 0.4) is 0 Å². The van der Waals surface area contributed by atoms with E-state index < -0.39 is 0 Å². The topological polar surface area (TPSA) is 99.2 Å². The predicted octanol–water partition coefficient (Wildman–Crippen LogP) is 4.96. The van der Waals surface area contributed by atoms with E-state index in [1.165, 1.54) is 5.56 Å². The van der Waals surface area contributed by atoms with E-state index in [1.807, 2.05) is 43.3 Å². The van der Waals surface area contributed by atoms with E-state index in [-0.39, 0.29) is 17.8 Å². The van der Waals surface area contributed by atoms with Gasteiger partial charge in [0.2, 0.25) is 0 Å². The number of benzene rings is 3. The fraction of sp³-hybridized carbons (Fsp3) is 0.267. The zero-order valence-electron chi connectivity index (χ0n) is 21.6. The van der Waals surface area contributed by atoms with Crippen molar-refractivity contribution in [3.8, 4) is 11.6 Å². The summed E-state index contributed by atoms with van der Waals surface area (Å²) in [5, 5.41) is 14.3. The van der Waals surface area contributed by atoms with Crippen molar-refractivity contribution in [3.05, 3.63) is 89.0 Å². The number of ether oxygens (including phenoxy) is 2. The Labute approximate surface area is 221 Å². The lowest BCUT2D eigenvalue weighted by Gasteiger charge is -2.26. The number of carbonyl (C=O) groups is 1. The van der Waals surface area contributed by atoms with E-state index in [9.17, 15) is 9.90 Å². The number of nitrogens with one attached hydrogen (secondary N) is 2. The smallest absolute Gasteiger partial charge is 0.251 e. The fourth-order valence-electron chi connectivity index (χ4n) is 4.62. The molecule has 8 heteroatoms. The number of morpholine rings is 1. The Morgan fingerprint density at radius 2 is 1.95 bits per heavy atom. The summed E-state index contributed by atoms with van der Waals surface area (Å²) in [6, 6.07) is 20.8. The highest BCUT2D eigenvalue weighted by atomic mass is 16.5. The van der Waals surface area contributed by atoms with E-state index in [0.717, 1.165) is 60.8 Å². The number of aromatic amines is 1. The lowest BCUT2D eigenvalue weighted by molar-refractivity contribution is 0.0342. The van der Waals surface area contributed by atoms with E-state index in [4.69, 9.17) is 9.47 Å². The number of aliphatic imine (C=N–C) groups is 1. The van der Waals surface area contributed by atoms with Crippen molar-refractivity contribution < 1.29 is 19.4 Å². The third kappa shape index (κ3) is 5.88. The minimum Gasteiger partial charge on any atom is -0.497 e. The van der Waals surface area contributed by atoms with E-state index >= 15 is 0 Å². The Morgan fingerprint density at radius 3 is 2.71 bits per heavy atom. The Morgan fingerprint density at radius 1 is 1.16 bits per heavy atom. The second-order valence-electron chi connectivity index (χ2n) is 9.43. The summed E-state index contributed by atoms with van der Waals surface area (Å²) in [6.45, 7) is 6.15. The molecule has 0 spiro atoms. The minimum absolute atomic E-state index is 0.0115. The van der Waals surface area contributed by atoms with Crippen LogP contribution in [-0.4, -0.2) is 60.5 Å². The zero-order chi connectivity index (χ0) is 26.5. The molecule has 1 aliphatic heterocycles. The van der Waals surface area contributed by atoms with E-state index in [1.54, 1.807) is 31.5 Å². The number of hydrogen-bond acceptors (Lipinski definition) is 6. The molecule has 2 heterocycles. The quantitative estimate of drug-likeness (QED) is 0.290. The third-order valence-electron chi connectivity index (χ3n) is 6.81. The number of aromatic hydroxyl groups is 1. The molecule has 3 N–H and O–H groups in total. The highest BCUT2D eigenvalue weighted by Crippen LogP contribution is 2.28. The van der Waals surface area contributed by atoms with Crippen molar-refractivity contribution in [1.29, 1.82) is 0 Å². The van der Waals surface area contributed by atoms with Gasteiger partial charge < -0.3 is 24.9 Å². The summed E-state index contributed by atoms with van der Waals surface area (Å²) in [5.41, 5.74) is 4.71. The molecule has 1 unspecified atom stereocenters. The molecule has 8 nitrogen and oxygen atoms in total. The van der Waals surface area contributed by atoms with Crippen LogP contribution in [-0.2, 0) is 11.3 Å². The van der Waals surface area contributed by atoms with Gasteiger partial charge in [-0.3, -0.25) is 14.7 Å². The molecule has 1 atom stereocenters. The van der Waals surface area contributed by atoms with Crippen molar-refractivity contribution in [1.82, 2.24) is 15.2 Å². The van der Waals surface area contributed by atoms with Gasteiger partial charge in [-0.25, -0.2) is 0 Å². The average molecular weight is 513 g/mol. The molecule has 38 heavy (non-hydrogen) atoms. The lowest BCUT2D eigenvalue weighted by atomic mass is 10.1. The fourth-order valence-corrected chi connectivity index (χ4v) is 4.62. The number of carbonyl (C=O) groups excluding carboxylic acids is 1. The monoisotopic (exact) mass is 512 g/mol. The Balaban J connectivity index is 1.32. The van der Waals surface area contributed by atoms with Crippen molar-refractivity contribution in [2.45, 2.75) is 19.5 Å². The summed E-state index contributed by atoms with van der Waals surface area (Å²) in [4.78, 5) is 23.0. The molecule has 1 fully saturated rings. The zero-order valence-corrected chi connectivity index (χ0v) is 21.6. The molecular formula is C30H32N4O4. The van der Waals surface area contributed by atoms with Gasteiger partial charge in [-0.1, -0.05) is 24.3 Å². The molecule has 5 rings (SSSR count). The maximum Gasteiger partial charge on any atom is 0.251 e. The van der Waals surface area contributed by atoms with Gasteiger partial charge >= 0.3 is 0 Å². The standard InChI is InChI=1S/C30H32N4O4/c1-20(22-6-9-25(37-2)10-7-22)32-29(35)23-8-11-28-26(17-23)27(30(36)33-28)18-31-24-5-3-4-21(16-24)19-34-12-14-38-15-13-34/h3-11,16-18,20,33,36H,12-15,19H2,1-2H3,(H,32,35). The number of fused-ring (bicyclic) bond motifs is 1. The Kier molecular flexibility index (Phi) is 7.72. The molecule has 1 saturated heterocycles. The number of hydrogen-bond donors (Lipinski definition) is 3. The van der Waals surface area contributed by atoms with Crippen LogP contribution in [0.2, 0.25) is 0 Å². The molecule has 0 bridgehead atoms. The van der Waals surface area contributed by atoms with Crippen molar-refractivity contribution in [3.63, 3.8) is 0 Å². The van der Waals surface area contributed by atoms with Gasteiger partial charge in [-0.05, 0) is 60.5 Å². The van der Waals surface area contributed by atoms with Crippen LogP contribution < -0.4 is 10.1 Å². The van der Waals surface area contributed by atoms with Gasteiger partial charge in [-0.2, -0.15) is 0 Å². The lowest BCUT2D eigenvalue weighted by Crippen LogP contribution is -2.35. The largest absolute Gasteiger partial charge is 0.497 e. The maximum atomic E-state index is 13.0. The molecule has 3 aromatic carbocycles. The highest BCUT2D eigenvalue weighted by Gasteiger charge is 2.16. The van der Waals surface area contributed by atoms with Crippen LogP contribution in [0.25, 0.3) is 10.9 Å². The molecule has 0 aliphatic carbocycles. The van der Waals surface area contributed by atoms with Crippen LogP contribution >= 0.6 is 0 Å². The van der Waals surface area contributed by atoms with Crippen molar-refractivity contribution >= 4 is 28.7 Å². The van der Waals surface area contributed by atoms with Gasteiger partial charge in [0.1, 0.15) is 5.75 Å². The van der Waals surface area contributed by atoms with Gasteiger partial charge in [0.05, 0.1) is 37.6 Å². The molecule has 4 aromatic rings. The second-order valence-corrected chi connectivity index (χ2v) is 9.43. The summed E-state index contributed by atoms with van der Waals surface area (Å²) >= 11 is 0. The Hall–Kier alpha value is -4.14. The SMILES string of the molecule is COc1ccc(C(C)NC(=O)c2ccc3[nH]c(O)c(C=Nc4cccc(CN5CCOCC5)c4)c3c2)cc1. The first kappa shape index (κ1) is 25.5. The second kappa shape index (κ2) is 11.5. The van der Waals surface area contributed by atoms with Crippen molar-refractivity contribution in [2.24, 2.45) is 4.99 Å². The van der Waals surface area contributed by atoms with E-state index in [2.05, 4.69) is 32.3 Å². The van der Waals surface area contributed by atoms with Gasteiger partial charge in [-0.15, -0.1) is 0 Å². The molecule has 1 amide bonds. The molecule has 1 aromatic heterocycles. The van der Waals surface area contributed by atoms with Gasteiger partial charge in [0.25, 0.3) is 5.91 Å². The summed E-state index contributed by atoms with van der Waals surface area (Å²) in [6.07, 6.45) is 1.64. The third-order valence-corrected chi connectivity index (χ3v) is 6.81. The van der Waals surface area contributed by atoms with Gasteiger partial charge in [0.15, 0.2) is 5.88 Å². The first-order valence-electron chi connectivity index (χ1n) is 12.7. The number of aromatic nitrogens is 1. The molecule has 0 saturated carbocycles. The molecule has 196 valence electrons. The normalized spacial score (nSPS) is 15.1. The first-order valence-corrected chi connectivity index (χ1v) is 12.7. The van der Waals surface area contributed by atoms with Crippen LogP contribution in [0.1, 0.15) is 40.0 Å². The van der Waals surface area contributed by atoms with Crippen LogP contribution in [0.5, 0.6) is 11.6 Å². The minimum atomic E-state index is -0.199. The van der Waals surface area contributed by atoms with Gasteiger partial charge in [0, 0.05) is 42.3 Å². The summed E-state index contributed by atoms with van der Waals surface area (Å²) in [7, 11) is 1.62. The van der Waals surface area contributed by atoms with E-state index in [0.29, 0.717) is 11.1 Å². The van der Waals surface area contributed by atoms with Crippen LogP contribution in [0.4, 0.5) is 5.69 Å². The average Bonchev–Trinajstić information content (AvgIpc) is 3.26. The first-order chi connectivity index (χ1) is 18.5. The number of nitrogens with zero attached hydrogens (tertiary/aromatic N) is 2. The number of rotatable bonds is 8. The van der Waals surface area contributed by atoms with Crippen molar-refractivity contribution in [2.75, 3.05) is 33.4 Å². The van der Waals surface area contributed by atoms with Crippen LogP contribution in [0.15, 0.2) is 71.7 Å². The van der Waals surface area contributed by atoms with Crippen LogP contribution in [0, 0.1) is 0 Å². The molecular weight excluding hydrogens is 480 g/mol. The maximum absolute atomic E-state index is 13.0. The highest BCUT2D eigenvalue weighted by molar-refractivity contribution is 6.06. The number of H-pyrrole nitrogens is 1.